The highest BCUT2D eigenvalue weighted by molar-refractivity contribution is 6.14. The van der Waals surface area contributed by atoms with Crippen LogP contribution >= 0.6 is 0 Å². The Labute approximate surface area is 75.4 Å². The summed E-state index contributed by atoms with van der Waals surface area (Å²) in [5, 5.41) is 0. The molecule has 0 aliphatic carbocycles. The van der Waals surface area contributed by atoms with Crippen molar-refractivity contribution >= 4 is 18.4 Å². The molecule has 0 aliphatic heterocycles. The first-order valence-corrected chi connectivity index (χ1v) is 3.79. The maximum absolute atomic E-state index is 11.3. The molecule has 0 N–H and O–H groups in total. The number of hydrogen-bond donors (Lipinski definition) is 0. The van der Waals surface area contributed by atoms with E-state index in [4.69, 9.17) is 0 Å². The highest BCUT2D eigenvalue weighted by Gasteiger charge is 2.17. The minimum Gasteiger partial charge on any atom is -0.302 e. The molecule has 0 radical (unpaired) electrons. The van der Waals surface area contributed by atoms with Crippen molar-refractivity contribution in [2.24, 2.45) is 5.92 Å². The van der Waals surface area contributed by atoms with E-state index in [1.807, 2.05) is 0 Å². The van der Waals surface area contributed by atoms with Crippen LogP contribution in [0.15, 0.2) is 30.3 Å². The van der Waals surface area contributed by atoms with Crippen molar-refractivity contribution in [2.45, 2.75) is 0 Å². The third-order valence-electron chi connectivity index (χ3n) is 1.65. The predicted octanol–water partition coefficient (Wildman–Crippen LogP) is 0.883. The third-order valence-corrected chi connectivity index (χ3v) is 1.65. The summed E-state index contributed by atoms with van der Waals surface area (Å²) in [5.41, 5.74) is 0.381. The van der Waals surface area contributed by atoms with Gasteiger partial charge in [0.25, 0.3) is 0 Å². The van der Waals surface area contributed by atoms with Gasteiger partial charge in [0.1, 0.15) is 18.5 Å². The molecule has 0 aliphatic rings. The second-order valence-corrected chi connectivity index (χ2v) is 2.53. The monoisotopic (exact) mass is 176 g/mol. The van der Waals surface area contributed by atoms with Crippen LogP contribution < -0.4 is 0 Å². The number of carbonyl (C=O) groups excluding carboxylic acids is 3. The standard InChI is InChI=1S/C10H8O3/c11-6-9(7-12)10(13)8-4-2-1-3-5-8/h1-7,9H. The van der Waals surface area contributed by atoms with E-state index in [9.17, 15) is 14.4 Å². The smallest absolute Gasteiger partial charge is 0.180 e. The van der Waals surface area contributed by atoms with Gasteiger partial charge in [0.05, 0.1) is 0 Å². The van der Waals surface area contributed by atoms with Crippen LogP contribution in [0.1, 0.15) is 10.4 Å². The van der Waals surface area contributed by atoms with Crippen LogP contribution in [-0.4, -0.2) is 18.4 Å². The molecule has 0 unspecified atom stereocenters. The van der Waals surface area contributed by atoms with E-state index in [1.54, 1.807) is 30.3 Å². The molecule has 1 aromatic carbocycles. The van der Waals surface area contributed by atoms with E-state index in [-0.39, 0.29) is 0 Å². The lowest BCUT2D eigenvalue weighted by Gasteiger charge is -2.00. The summed E-state index contributed by atoms with van der Waals surface area (Å²) >= 11 is 0. The molecule has 0 fully saturated rings. The third kappa shape index (κ3) is 2.08. The maximum Gasteiger partial charge on any atom is 0.180 e. The molecule has 3 heteroatoms. The normalized spacial score (nSPS) is 9.62. The van der Waals surface area contributed by atoms with Crippen LogP contribution in [0, 0.1) is 5.92 Å². The molecule has 3 nitrogen and oxygen atoms in total. The van der Waals surface area contributed by atoms with Gasteiger partial charge in [-0.25, -0.2) is 0 Å². The molecule has 1 aromatic rings. The van der Waals surface area contributed by atoms with Crippen LogP contribution in [0.25, 0.3) is 0 Å². The van der Waals surface area contributed by atoms with Crippen molar-refractivity contribution in [3.05, 3.63) is 35.9 Å². The van der Waals surface area contributed by atoms with Crippen LogP contribution in [0.4, 0.5) is 0 Å². The van der Waals surface area contributed by atoms with E-state index in [1.165, 1.54) is 0 Å². The molecular formula is C10H8O3. The van der Waals surface area contributed by atoms with Gasteiger partial charge in [0.2, 0.25) is 0 Å². The first-order chi connectivity index (χ1) is 6.29. The molecule has 66 valence electrons. The zero-order chi connectivity index (χ0) is 9.68. The summed E-state index contributed by atoms with van der Waals surface area (Å²) in [4.78, 5) is 31.9. The van der Waals surface area contributed by atoms with Gasteiger partial charge in [-0.2, -0.15) is 0 Å². The quantitative estimate of drug-likeness (QED) is 0.389. The zero-order valence-electron chi connectivity index (χ0n) is 6.84. The second kappa shape index (κ2) is 4.30. The molecule has 0 bridgehead atoms. The summed E-state index contributed by atoms with van der Waals surface area (Å²) in [6, 6.07) is 8.26. The summed E-state index contributed by atoms with van der Waals surface area (Å²) < 4.78 is 0. The van der Waals surface area contributed by atoms with E-state index >= 15 is 0 Å². The van der Waals surface area contributed by atoms with Gasteiger partial charge in [-0.1, -0.05) is 30.3 Å². The number of ketones is 1. The largest absolute Gasteiger partial charge is 0.302 e. The molecule has 1 rings (SSSR count). The number of Topliss-reactive ketones (excluding diaryl/α,β-unsaturated/α-hetero) is 1. The van der Waals surface area contributed by atoms with Crippen molar-refractivity contribution in [2.75, 3.05) is 0 Å². The first-order valence-electron chi connectivity index (χ1n) is 3.79. The van der Waals surface area contributed by atoms with Gasteiger partial charge in [-0.05, 0) is 0 Å². The van der Waals surface area contributed by atoms with E-state index in [0.717, 1.165) is 0 Å². The molecule has 0 aromatic heterocycles. The second-order valence-electron chi connectivity index (χ2n) is 2.53. The van der Waals surface area contributed by atoms with Crippen molar-refractivity contribution in [1.29, 1.82) is 0 Å². The fourth-order valence-corrected chi connectivity index (χ4v) is 0.951. The Bertz CT molecular complexity index is 308. The Kier molecular flexibility index (Phi) is 3.09. The number of aldehydes is 2. The molecule has 0 heterocycles. The summed E-state index contributed by atoms with van der Waals surface area (Å²) in [5.74, 6) is -1.62. The Hall–Kier alpha value is -1.77. The highest BCUT2D eigenvalue weighted by atomic mass is 16.2. The van der Waals surface area contributed by atoms with Crippen molar-refractivity contribution in [3.8, 4) is 0 Å². The maximum atomic E-state index is 11.3. The van der Waals surface area contributed by atoms with Crippen molar-refractivity contribution < 1.29 is 14.4 Å². The Balaban J connectivity index is 2.90. The lowest BCUT2D eigenvalue weighted by molar-refractivity contribution is -0.117. The van der Waals surface area contributed by atoms with Gasteiger partial charge < -0.3 is 9.59 Å². The lowest BCUT2D eigenvalue weighted by Crippen LogP contribution is -2.17. The average Bonchev–Trinajstić information content (AvgIpc) is 2.21. The molecule has 0 amide bonds. The van der Waals surface area contributed by atoms with Gasteiger partial charge in [0.15, 0.2) is 5.78 Å². The van der Waals surface area contributed by atoms with E-state index < -0.39 is 11.7 Å². The SMILES string of the molecule is O=CC(C=O)C(=O)c1ccccc1. The fraction of sp³-hybridized carbons (Fsp3) is 0.100. The molecular weight excluding hydrogens is 168 g/mol. The summed E-state index contributed by atoms with van der Waals surface area (Å²) in [6.45, 7) is 0. The van der Waals surface area contributed by atoms with Gasteiger partial charge in [-0.15, -0.1) is 0 Å². The van der Waals surface area contributed by atoms with E-state index in [0.29, 0.717) is 18.1 Å². The van der Waals surface area contributed by atoms with E-state index in [2.05, 4.69) is 0 Å². The average molecular weight is 176 g/mol. The highest BCUT2D eigenvalue weighted by Crippen LogP contribution is 2.04. The zero-order valence-corrected chi connectivity index (χ0v) is 6.84. The topological polar surface area (TPSA) is 51.2 Å². The summed E-state index contributed by atoms with van der Waals surface area (Å²) in [6.07, 6.45) is 0.699. The Morgan fingerprint density at radius 1 is 1.08 bits per heavy atom. The Morgan fingerprint density at radius 2 is 1.62 bits per heavy atom. The molecule has 0 spiro atoms. The fourth-order valence-electron chi connectivity index (χ4n) is 0.951. The molecule has 0 saturated heterocycles. The lowest BCUT2D eigenvalue weighted by atomic mass is 10.0. The first kappa shape index (κ1) is 9.32. The van der Waals surface area contributed by atoms with Crippen LogP contribution in [0.2, 0.25) is 0 Å². The van der Waals surface area contributed by atoms with Gasteiger partial charge in [-0.3, -0.25) is 4.79 Å². The number of carbonyl (C=O) groups is 3. The van der Waals surface area contributed by atoms with Gasteiger partial charge >= 0.3 is 0 Å². The van der Waals surface area contributed by atoms with Crippen LogP contribution in [-0.2, 0) is 9.59 Å². The van der Waals surface area contributed by atoms with Crippen LogP contribution in [0.5, 0.6) is 0 Å². The van der Waals surface area contributed by atoms with Crippen LogP contribution in [0.3, 0.4) is 0 Å². The predicted molar refractivity (Wildman–Crippen MR) is 46.4 cm³/mol. The van der Waals surface area contributed by atoms with Crippen molar-refractivity contribution in [3.63, 3.8) is 0 Å². The summed E-state index contributed by atoms with van der Waals surface area (Å²) in [7, 11) is 0. The number of rotatable bonds is 4. The molecule has 0 saturated carbocycles. The van der Waals surface area contributed by atoms with Crippen molar-refractivity contribution in [1.82, 2.24) is 0 Å². The molecule has 13 heavy (non-hydrogen) atoms. The number of hydrogen-bond acceptors (Lipinski definition) is 3. The Morgan fingerprint density at radius 3 is 2.08 bits per heavy atom. The minimum atomic E-state index is -1.16. The number of benzene rings is 1. The van der Waals surface area contributed by atoms with Gasteiger partial charge in [0, 0.05) is 5.56 Å². The minimum absolute atomic E-state index is 0.350. The molecule has 0 atom stereocenters.